The Morgan fingerprint density at radius 3 is 2.59 bits per heavy atom. The van der Waals surface area contributed by atoms with E-state index in [9.17, 15) is 8.42 Å². The van der Waals surface area contributed by atoms with Crippen molar-refractivity contribution in [2.75, 3.05) is 11.6 Å². The molecule has 6 heteroatoms. The first kappa shape index (κ1) is 14.5. The predicted molar refractivity (Wildman–Crippen MR) is 68.9 cm³/mol. The van der Waals surface area contributed by atoms with E-state index in [1.807, 2.05) is 19.9 Å². The zero-order valence-corrected chi connectivity index (χ0v) is 11.9. The number of hydrogen-bond acceptors (Lipinski definition) is 3. The predicted octanol–water partition coefficient (Wildman–Crippen LogP) is 2.51. The van der Waals surface area contributed by atoms with Crippen LogP contribution < -0.4 is 4.72 Å². The molecule has 0 radical (unpaired) electrons. The number of alkyl halides is 1. The van der Waals surface area contributed by atoms with Gasteiger partial charge in [0.15, 0.2) is 0 Å². The molecule has 0 aromatic carbocycles. The normalized spacial score (nSPS) is 13.9. The van der Waals surface area contributed by atoms with Crippen LogP contribution in [0, 0.1) is 13.8 Å². The summed E-state index contributed by atoms with van der Waals surface area (Å²) < 4.78 is 31.4. The summed E-state index contributed by atoms with van der Waals surface area (Å²) in [5, 5.41) is 0. The molecule has 0 saturated heterocycles. The van der Waals surface area contributed by atoms with E-state index in [0.29, 0.717) is 12.3 Å². The molecule has 0 bridgehead atoms. The first-order valence-electron chi connectivity index (χ1n) is 5.48. The highest BCUT2D eigenvalue weighted by Crippen LogP contribution is 2.21. The number of sulfonamides is 1. The number of halogens is 1. The van der Waals surface area contributed by atoms with Crippen LogP contribution in [0.4, 0.5) is 0 Å². The van der Waals surface area contributed by atoms with Crippen molar-refractivity contribution in [3.05, 3.63) is 23.2 Å². The Morgan fingerprint density at radius 2 is 2.12 bits per heavy atom. The average Bonchev–Trinajstić information content (AvgIpc) is 2.54. The van der Waals surface area contributed by atoms with Crippen molar-refractivity contribution in [2.45, 2.75) is 33.2 Å². The van der Waals surface area contributed by atoms with Gasteiger partial charge >= 0.3 is 0 Å². The molecule has 1 atom stereocenters. The molecule has 0 saturated carbocycles. The van der Waals surface area contributed by atoms with E-state index in [0.717, 1.165) is 17.1 Å². The van der Waals surface area contributed by atoms with Gasteiger partial charge in [0, 0.05) is 17.5 Å². The van der Waals surface area contributed by atoms with Crippen molar-refractivity contribution >= 4 is 21.6 Å². The Hall–Kier alpha value is -0.520. The average molecular weight is 280 g/mol. The van der Waals surface area contributed by atoms with E-state index >= 15 is 0 Å². The van der Waals surface area contributed by atoms with E-state index < -0.39 is 10.0 Å². The summed E-state index contributed by atoms with van der Waals surface area (Å²) in [4.78, 5) is 0. The first-order valence-corrected chi connectivity index (χ1v) is 7.67. The van der Waals surface area contributed by atoms with Crippen molar-refractivity contribution in [3.8, 4) is 0 Å². The Balaban J connectivity index is 2.72. The highest BCUT2D eigenvalue weighted by molar-refractivity contribution is 7.89. The maximum absolute atomic E-state index is 11.7. The molecule has 1 unspecified atom stereocenters. The lowest BCUT2D eigenvalue weighted by molar-refractivity contribution is 0.496. The molecule has 98 valence electrons. The fourth-order valence-electron chi connectivity index (χ4n) is 1.72. The molecule has 1 N–H and O–H groups in total. The smallest absolute Gasteiger partial charge is 0.212 e. The monoisotopic (exact) mass is 279 g/mol. The lowest BCUT2D eigenvalue weighted by Gasteiger charge is -2.13. The largest absolute Gasteiger partial charge is 0.466 e. The van der Waals surface area contributed by atoms with Crippen LogP contribution in [-0.2, 0) is 10.0 Å². The first-order chi connectivity index (χ1) is 7.85. The van der Waals surface area contributed by atoms with Gasteiger partial charge in [0.2, 0.25) is 10.0 Å². The zero-order valence-electron chi connectivity index (χ0n) is 10.3. The number of rotatable bonds is 6. The van der Waals surface area contributed by atoms with Crippen LogP contribution in [0.1, 0.15) is 36.5 Å². The Bertz CT molecular complexity index is 467. The van der Waals surface area contributed by atoms with Gasteiger partial charge in [0.1, 0.15) is 11.5 Å². The summed E-state index contributed by atoms with van der Waals surface area (Å²) in [6, 6.07) is 1.57. The summed E-state index contributed by atoms with van der Waals surface area (Å²) >= 11 is 5.48. The van der Waals surface area contributed by atoms with E-state index in [4.69, 9.17) is 16.0 Å². The molecular weight excluding hydrogens is 262 g/mol. The summed E-state index contributed by atoms with van der Waals surface area (Å²) in [7, 11) is -3.27. The topological polar surface area (TPSA) is 59.3 Å². The van der Waals surface area contributed by atoms with Crippen LogP contribution in [0.15, 0.2) is 10.5 Å². The Morgan fingerprint density at radius 1 is 1.47 bits per heavy atom. The van der Waals surface area contributed by atoms with Crippen molar-refractivity contribution in [3.63, 3.8) is 0 Å². The highest BCUT2D eigenvalue weighted by atomic mass is 35.5. The minimum Gasteiger partial charge on any atom is -0.466 e. The van der Waals surface area contributed by atoms with Crippen LogP contribution in [-0.4, -0.2) is 20.1 Å². The quantitative estimate of drug-likeness (QED) is 0.814. The summed E-state index contributed by atoms with van der Waals surface area (Å²) in [5.74, 6) is 1.93. The summed E-state index contributed by atoms with van der Waals surface area (Å²) in [5.41, 5.74) is 0.872. The molecule has 4 nitrogen and oxygen atoms in total. The van der Waals surface area contributed by atoms with Gasteiger partial charge in [-0.3, -0.25) is 0 Å². The third kappa shape index (κ3) is 4.33. The second kappa shape index (κ2) is 5.89. The van der Waals surface area contributed by atoms with E-state index in [-0.39, 0.29) is 11.8 Å². The standard InChI is InChI=1S/C11H18ClNO3S/c1-8-7-11(10(3)16-8)9(2)13-17(14,15)6-4-5-12/h7,9,13H,4-6H2,1-3H3. The molecule has 1 heterocycles. The number of nitrogens with one attached hydrogen (secondary N) is 1. The molecule has 1 aromatic rings. The molecule has 0 aliphatic rings. The van der Waals surface area contributed by atoms with Crippen molar-refractivity contribution < 1.29 is 12.8 Å². The van der Waals surface area contributed by atoms with Crippen LogP contribution in [0.5, 0.6) is 0 Å². The van der Waals surface area contributed by atoms with Crippen LogP contribution >= 0.6 is 11.6 Å². The van der Waals surface area contributed by atoms with Crippen LogP contribution in [0.3, 0.4) is 0 Å². The fourth-order valence-corrected chi connectivity index (χ4v) is 3.32. The van der Waals surface area contributed by atoms with Gasteiger partial charge in [-0.2, -0.15) is 0 Å². The number of aryl methyl sites for hydroxylation is 2. The highest BCUT2D eigenvalue weighted by Gasteiger charge is 2.18. The molecule has 0 spiro atoms. The van der Waals surface area contributed by atoms with E-state index in [1.54, 1.807) is 6.92 Å². The van der Waals surface area contributed by atoms with Gasteiger partial charge in [-0.25, -0.2) is 13.1 Å². The SMILES string of the molecule is Cc1cc(C(C)NS(=O)(=O)CCCCl)c(C)o1. The molecule has 1 rings (SSSR count). The van der Waals surface area contributed by atoms with E-state index in [1.165, 1.54) is 0 Å². The molecule has 0 fully saturated rings. The minimum atomic E-state index is -3.27. The molecule has 17 heavy (non-hydrogen) atoms. The maximum Gasteiger partial charge on any atom is 0.212 e. The van der Waals surface area contributed by atoms with Gasteiger partial charge in [-0.05, 0) is 33.3 Å². The number of hydrogen-bond donors (Lipinski definition) is 1. The van der Waals surface area contributed by atoms with Crippen molar-refractivity contribution in [1.82, 2.24) is 4.72 Å². The van der Waals surface area contributed by atoms with Crippen molar-refractivity contribution in [1.29, 1.82) is 0 Å². The van der Waals surface area contributed by atoms with Gasteiger partial charge in [0.25, 0.3) is 0 Å². The van der Waals surface area contributed by atoms with Gasteiger partial charge in [0.05, 0.1) is 5.75 Å². The molecule has 0 amide bonds. The molecule has 0 aliphatic heterocycles. The Labute approximate surface area is 107 Å². The molecule has 1 aromatic heterocycles. The van der Waals surface area contributed by atoms with Gasteiger partial charge < -0.3 is 4.42 Å². The zero-order chi connectivity index (χ0) is 13.1. The minimum absolute atomic E-state index is 0.0523. The fraction of sp³-hybridized carbons (Fsp3) is 0.636. The second-order valence-corrected chi connectivity index (χ2v) is 6.32. The van der Waals surface area contributed by atoms with Crippen LogP contribution in [0.25, 0.3) is 0 Å². The molecule has 0 aliphatic carbocycles. The number of furan rings is 1. The summed E-state index contributed by atoms with van der Waals surface area (Å²) in [6.07, 6.45) is 0.451. The third-order valence-corrected chi connectivity index (χ3v) is 4.25. The van der Waals surface area contributed by atoms with Gasteiger partial charge in [-0.15, -0.1) is 11.6 Å². The summed E-state index contributed by atoms with van der Waals surface area (Å²) in [6.45, 7) is 5.46. The third-order valence-electron chi connectivity index (χ3n) is 2.45. The lowest BCUT2D eigenvalue weighted by atomic mass is 10.1. The molecular formula is C11H18ClNO3S. The van der Waals surface area contributed by atoms with E-state index in [2.05, 4.69) is 4.72 Å². The maximum atomic E-state index is 11.7. The van der Waals surface area contributed by atoms with Crippen LogP contribution in [0.2, 0.25) is 0 Å². The second-order valence-electron chi connectivity index (χ2n) is 4.07. The Kier molecular flexibility index (Phi) is 5.04. The lowest BCUT2D eigenvalue weighted by Crippen LogP contribution is -2.29. The van der Waals surface area contributed by atoms with Gasteiger partial charge in [-0.1, -0.05) is 0 Å². The van der Waals surface area contributed by atoms with Crippen molar-refractivity contribution in [2.24, 2.45) is 0 Å².